The fraction of sp³-hybridized carbons (Fsp3) is 0.842. The second kappa shape index (κ2) is 8.14. The standard InChI is InChI=1S/C19H32N4O4/c1-4-21-14-19(11-16(21)24)5-7-22(8-6-19)18(26)15-12-20(2)9-10-23(15)17(25)13-27-3/h15H,4-14H2,1-3H3. The lowest BCUT2D eigenvalue weighted by molar-refractivity contribution is -0.152. The van der Waals surface area contributed by atoms with Crippen molar-refractivity contribution in [2.75, 3.05) is 66.6 Å². The molecular formula is C19H32N4O4. The first kappa shape index (κ1) is 20.1. The fourth-order valence-electron chi connectivity index (χ4n) is 4.65. The monoisotopic (exact) mass is 380 g/mol. The normalized spacial score (nSPS) is 26.1. The highest BCUT2D eigenvalue weighted by molar-refractivity contribution is 5.89. The van der Waals surface area contributed by atoms with Crippen molar-refractivity contribution < 1.29 is 19.1 Å². The first-order chi connectivity index (χ1) is 12.9. The Morgan fingerprint density at radius 1 is 1.19 bits per heavy atom. The van der Waals surface area contributed by atoms with E-state index in [0.29, 0.717) is 32.6 Å². The summed E-state index contributed by atoms with van der Waals surface area (Å²) < 4.78 is 4.99. The molecule has 3 heterocycles. The lowest BCUT2D eigenvalue weighted by Gasteiger charge is -2.44. The Morgan fingerprint density at radius 3 is 2.48 bits per heavy atom. The zero-order valence-corrected chi connectivity index (χ0v) is 16.8. The van der Waals surface area contributed by atoms with Crippen LogP contribution >= 0.6 is 0 Å². The number of carbonyl (C=O) groups excluding carboxylic acids is 3. The Kier molecular flexibility index (Phi) is 6.05. The van der Waals surface area contributed by atoms with Gasteiger partial charge >= 0.3 is 0 Å². The maximum absolute atomic E-state index is 13.2. The van der Waals surface area contributed by atoms with Crippen LogP contribution in [0.4, 0.5) is 0 Å². The van der Waals surface area contributed by atoms with E-state index in [2.05, 4.69) is 4.90 Å². The van der Waals surface area contributed by atoms with Crippen molar-refractivity contribution in [1.82, 2.24) is 19.6 Å². The van der Waals surface area contributed by atoms with Crippen molar-refractivity contribution in [3.05, 3.63) is 0 Å². The first-order valence-corrected chi connectivity index (χ1v) is 9.92. The van der Waals surface area contributed by atoms with Crippen LogP contribution in [0.25, 0.3) is 0 Å². The second-order valence-electron chi connectivity index (χ2n) is 8.21. The minimum Gasteiger partial charge on any atom is -0.375 e. The van der Waals surface area contributed by atoms with Gasteiger partial charge in [-0.3, -0.25) is 14.4 Å². The summed E-state index contributed by atoms with van der Waals surface area (Å²) in [6.45, 7) is 6.78. The summed E-state index contributed by atoms with van der Waals surface area (Å²) in [5, 5.41) is 0. The molecule has 3 fully saturated rings. The molecule has 8 nitrogen and oxygen atoms in total. The van der Waals surface area contributed by atoms with Crippen LogP contribution in [0.3, 0.4) is 0 Å². The third-order valence-electron chi connectivity index (χ3n) is 6.38. The highest BCUT2D eigenvalue weighted by Crippen LogP contribution is 2.41. The van der Waals surface area contributed by atoms with Gasteiger partial charge in [-0.2, -0.15) is 0 Å². The van der Waals surface area contributed by atoms with Crippen LogP contribution in [0, 0.1) is 5.41 Å². The molecule has 0 radical (unpaired) electrons. The zero-order chi connectivity index (χ0) is 19.6. The molecule has 1 unspecified atom stereocenters. The van der Waals surface area contributed by atoms with Gasteiger partial charge in [-0.15, -0.1) is 0 Å². The first-order valence-electron chi connectivity index (χ1n) is 9.92. The van der Waals surface area contributed by atoms with Crippen molar-refractivity contribution in [1.29, 1.82) is 0 Å². The third-order valence-corrected chi connectivity index (χ3v) is 6.38. The van der Waals surface area contributed by atoms with Crippen LogP contribution < -0.4 is 0 Å². The summed E-state index contributed by atoms with van der Waals surface area (Å²) >= 11 is 0. The van der Waals surface area contributed by atoms with E-state index in [1.165, 1.54) is 7.11 Å². The number of piperidine rings is 1. The van der Waals surface area contributed by atoms with Gasteiger partial charge in [-0.25, -0.2) is 0 Å². The summed E-state index contributed by atoms with van der Waals surface area (Å²) in [4.78, 5) is 45.3. The predicted molar refractivity (Wildman–Crippen MR) is 100.0 cm³/mol. The number of hydrogen-bond acceptors (Lipinski definition) is 5. The average Bonchev–Trinajstić information content (AvgIpc) is 2.97. The third kappa shape index (κ3) is 4.11. The van der Waals surface area contributed by atoms with E-state index in [1.54, 1.807) is 4.90 Å². The smallest absolute Gasteiger partial charge is 0.249 e. The van der Waals surface area contributed by atoms with Crippen LogP contribution in [0.1, 0.15) is 26.2 Å². The number of likely N-dealkylation sites (tertiary alicyclic amines) is 2. The molecule has 3 amide bonds. The second-order valence-corrected chi connectivity index (χ2v) is 8.21. The lowest BCUT2D eigenvalue weighted by Crippen LogP contribution is -2.62. The van der Waals surface area contributed by atoms with Crippen LogP contribution in [0.5, 0.6) is 0 Å². The molecule has 0 saturated carbocycles. The molecule has 3 rings (SSSR count). The molecule has 8 heteroatoms. The fourth-order valence-corrected chi connectivity index (χ4v) is 4.65. The summed E-state index contributed by atoms with van der Waals surface area (Å²) in [5.74, 6) is 0.137. The molecule has 3 aliphatic heterocycles. The summed E-state index contributed by atoms with van der Waals surface area (Å²) in [6.07, 6.45) is 2.32. The molecular weight excluding hydrogens is 348 g/mol. The van der Waals surface area contributed by atoms with E-state index in [9.17, 15) is 14.4 Å². The van der Waals surface area contributed by atoms with E-state index in [0.717, 1.165) is 32.5 Å². The molecule has 3 saturated heterocycles. The van der Waals surface area contributed by atoms with E-state index in [4.69, 9.17) is 4.74 Å². The van der Waals surface area contributed by atoms with Gasteiger partial charge in [-0.05, 0) is 26.8 Å². The topological polar surface area (TPSA) is 73.4 Å². The van der Waals surface area contributed by atoms with Crippen molar-refractivity contribution in [3.8, 4) is 0 Å². The largest absolute Gasteiger partial charge is 0.375 e. The van der Waals surface area contributed by atoms with E-state index < -0.39 is 6.04 Å². The van der Waals surface area contributed by atoms with Crippen LogP contribution in [0.15, 0.2) is 0 Å². The van der Waals surface area contributed by atoms with Crippen LogP contribution in [-0.2, 0) is 19.1 Å². The van der Waals surface area contributed by atoms with Crippen LogP contribution in [-0.4, -0.2) is 110 Å². The Labute approximate surface area is 161 Å². The minimum absolute atomic E-state index is 0.00553. The Morgan fingerprint density at radius 2 is 1.89 bits per heavy atom. The minimum atomic E-state index is -0.446. The summed E-state index contributed by atoms with van der Waals surface area (Å²) in [7, 11) is 3.48. The van der Waals surface area contributed by atoms with Crippen molar-refractivity contribution in [2.24, 2.45) is 5.41 Å². The molecule has 1 spiro atoms. The van der Waals surface area contributed by atoms with Crippen molar-refractivity contribution >= 4 is 17.7 Å². The quantitative estimate of drug-likeness (QED) is 0.666. The highest BCUT2D eigenvalue weighted by atomic mass is 16.5. The summed E-state index contributed by atoms with van der Waals surface area (Å²) in [5.41, 5.74) is 0.0266. The number of methoxy groups -OCH3 is 1. The predicted octanol–water partition coefficient (Wildman–Crippen LogP) is -0.364. The highest BCUT2D eigenvalue weighted by Gasteiger charge is 2.46. The lowest BCUT2D eigenvalue weighted by atomic mass is 9.77. The van der Waals surface area contributed by atoms with Gasteiger partial charge in [0.1, 0.15) is 12.6 Å². The molecule has 3 aliphatic rings. The van der Waals surface area contributed by atoms with E-state index in [-0.39, 0.29) is 29.7 Å². The van der Waals surface area contributed by atoms with Gasteiger partial charge in [0.15, 0.2) is 0 Å². The molecule has 0 aromatic rings. The maximum Gasteiger partial charge on any atom is 0.249 e. The number of piperazine rings is 1. The number of carbonyl (C=O) groups is 3. The molecule has 152 valence electrons. The number of amides is 3. The molecule has 1 atom stereocenters. The van der Waals surface area contributed by atoms with E-state index in [1.807, 2.05) is 23.8 Å². The molecule has 0 aromatic heterocycles. The van der Waals surface area contributed by atoms with Gasteiger partial charge in [0.05, 0.1) is 0 Å². The van der Waals surface area contributed by atoms with Gasteiger partial charge in [0, 0.05) is 64.8 Å². The van der Waals surface area contributed by atoms with Gasteiger partial charge in [-0.1, -0.05) is 0 Å². The zero-order valence-electron chi connectivity index (χ0n) is 16.8. The van der Waals surface area contributed by atoms with Gasteiger partial charge < -0.3 is 24.3 Å². The number of ether oxygens (including phenoxy) is 1. The van der Waals surface area contributed by atoms with Crippen molar-refractivity contribution in [2.45, 2.75) is 32.2 Å². The molecule has 0 bridgehead atoms. The van der Waals surface area contributed by atoms with E-state index >= 15 is 0 Å². The number of nitrogens with zero attached hydrogens (tertiary/aromatic N) is 4. The Hall–Kier alpha value is -1.67. The average molecular weight is 380 g/mol. The SMILES string of the molecule is CCN1CC2(CCN(C(=O)C3CN(C)CCN3C(=O)COC)CC2)CC1=O. The molecule has 27 heavy (non-hydrogen) atoms. The van der Waals surface area contributed by atoms with Gasteiger partial charge in [0.25, 0.3) is 0 Å². The molecule has 0 aromatic carbocycles. The number of hydrogen-bond donors (Lipinski definition) is 0. The maximum atomic E-state index is 13.2. The van der Waals surface area contributed by atoms with Crippen molar-refractivity contribution in [3.63, 3.8) is 0 Å². The number of rotatable bonds is 4. The number of likely N-dealkylation sites (N-methyl/N-ethyl adjacent to an activating group) is 1. The van der Waals surface area contributed by atoms with Crippen LogP contribution in [0.2, 0.25) is 0 Å². The Balaban J connectivity index is 1.63. The summed E-state index contributed by atoms with van der Waals surface area (Å²) in [6, 6.07) is -0.446. The molecule has 0 aliphatic carbocycles. The van der Waals surface area contributed by atoms with Gasteiger partial charge in [0.2, 0.25) is 17.7 Å². The molecule has 0 N–H and O–H groups in total. The Bertz CT molecular complexity index is 588.